The van der Waals surface area contributed by atoms with Crippen molar-refractivity contribution in [2.24, 2.45) is 0 Å². The van der Waals surface area contributed by atoms with E-state index in [1.54, 1.807) is 6.07 Å². The molecule has 0 aliphatic heterocycles. The summed E-state index contributed by atoms with van der Waals surface area (Å²) in [6.07, 6.45) is 0. The molecule has 1 aromatic heterocycles. The van der Waals surface area contributed by atoms with Crippen molar-refractivity contribution in [3.8, 4) is 0 Å². The van der Waals surface area contributed by atoms with Gasteiger partial charge in [-0.15, -0.1) is 11.3 Å². The molecule has 0 N–H and O–H groups in total. The van der Waals surface area contributed by atoms with Crippen LogP contribution in [0.3, 0.4) is 0 Å². The van der Waals surface area contributed by atoms with E-state index in [1.165, 1.54) is 23.3 Å². The summed E-state index contributed by atoms with van der Waals surface area (Å²) in [5, 5.41) is 0. The van der Waals surface area contributed by atoms with E-state index in [0.717, 1.165) is 9.35 Å². The van der Waals surface area contributed by atoms with Crippen LogP contribution in [0.4, 0.5) is 0 Å². The first kappa shape index (κ1) is 15.7. The Morgan fingerprint density at radius 1 is 1.19 bits per heavy atom. The van der Waals surface area contributed by atoms with Gasteiger partial charge in [-0.1, -0.05) is 30.3 Å². The fraction of sp³-hybridized carbons (Fsp3) is 0.200. The summed E-state index contributed by atoms with van der Waals surface area (Å²) in [4.78, 5) is 26.1. The van der Waals surface area contributed by atoms with Gasteiger partial charge in [0.15, 0.2) is 0 Å². The zero-order valence-corrected chi connectivity index (χ0v) is 13.8. The summed E-state index contributed by atoms with van der Waals surface area (Å²) in [6.45, 7) is 0.296. The maximum atomic E-state index is 12.5. The third-order valence-corrected chi connectivity index (χ3v) is 4.45. The van der Waals surface area contributed by atoms with Crippen LogP contribution >= 0.6 is 27.3 Å². The number of thiophene rings is 1. The van der Waals surface area contributed by atoms with Crippen LogP contribution in [0.2, 0.25) is 0 Å². The number of carbonyl (C=O) groups excluding carboxylic acids is 2. The van der Waals surface area contributed by atoms with Gasteiger partial charge >= 0.3 is 5.97 Å². The Bertz CT molecular complexity index is 627. The number of rotatable bonds is 5. The standard InChI is InChI=1S/C15H14BrNO3S/c1-20-14(18)10-17(9-11-5-3-2-4-6-11)15(19)12-7-8-13(16)21-12/h2-8H,9-10H2,1H3. The summed E-state index contributed by atoms with van der Waals surface area (Å²) in [5.74, 6) is -0.616. The molecule has 6 heteroatoms. The number of nitrogens with zero attached hydrogens (tertiary/aromatic N) is 1. The van der Waals surface area contributed by atoms with Gasteiger partial charge in [-0.05, 0) is 33.6 Å². The Hall–Kier alpha value is -1.66. The molecular weight excluding hydrogens is 354 g/mol. The van der Waals surface area contributed by atoms with Crippen LogP contribution in [-0.4, -0.2) is 30.4 Å². The average molecular weight is 368 g/mol. The maximum absolute atomic E-state index is 12.5. The van der Waals surface area contributed by atoms with Crippen molar-refractivity contribution in [1.29, 1.82) is 0 Å². The fourth-order valence-corrected chi connectivity index (χ4v) is 3.16. The second kappa shape index (κ2) is 7.38. The minimum absolute atomic E-state index is 0.0697. The summed E-state index contributed by atoms with van der Waals surface area (Å²) < 4.78 is 5.55. The summed E-state index contributed by atoms with van der Waals surface area (Å²) in [5.41, 5.74) is 0.963. The number of amides is 1. The van der Waals surface area contributed by atoms with Crippen molar-refractivity contribution in [3.05, 3.63) is 56.7 Å². The number of ether oxygens (including phenoxy) is 1. The van der Waals surface area contributed by atoms with Gasteiger partial charge in [-0.3, -0.25) is 9.59 Å². The van der Waals surface area contributed by atoms with Gasteiger partial charge in [0.05, 0.1) is 15.8 Å². The van der Waals surface area contributed by atoms with E-state index in [2.05, 4.69) is 20.7 Å². The predicted octanol–water partition coefficient (Wildman–Crippen LogP) is 3.33. The molecule has 0 atom stereocenters. The molecule has 0 aliphatic carbocycles. The van der Waals surface area contributed by atoms with Crippen LogP contribution in [-0.2, 0) is 16.1 Å². The molecule has 0 saturated carbocycles. The number of esters is 1. The minimum Gasteiger partial charge on any atom is -0.468 e. The molecule has 2 aromatic rings. The lowest BCUT2D eigenvalue weighted by atomic mass is 10.2. The Morgan fingerprint density at radius 2 is 1.90 bits per heavy atom. The fourth-order valence-electron chi connectivity index (χ4n) is 1.81. The van der Waals surface area contributed by atoms with Crippen molar-refractivity contribution in [3.63, 3.8) is 0 Å². The van der Waals surface area contributed by atoms with E-state index < -0.39 is 5.97 Å². The molecule has 4 nitrogen and oxygen atoms in total. The van der Waals surface area contributed by atoms with Gasteiger partial charge in [0, 0.05) is 6.54 Å². The molecule has 0 spiro atoms. The molecule has 1 aromatic carbocycles. The Morgan fingerprint density at radius 3 is 2.48 bits per heavy atom. The maximum Gasteiger partial charge on any atom is 0.325 e. The molecule has 0 radical (unpaired) electrons. The number of hydrogen-bond donors (Lipinski definition) is 0. The normalized spacial score (nSPS) is 10.2. The van der Waals surface area contributed by atoms with Gasteiger partial charge in [0.1, 0.15) is 6.54 Å². The van der Waals surface area contributed by atoms with Crippen LogP contribution in [0.25, 0.3) is 0 Å². The number of carbonyl (C=O) groups is 2. The van der Waals surface area contributed by atoms with Crippen molar-refractivity contribution < 1.29 is 14.3 Å². The second-order valence-corrected chi connectivity index (χ2v) is 6.79. The summed E-state index contributed by atoms with van der Waals surface area (Å²) >= 11 is 4.68. The number of hydrogen-bond acceptors (Lipinski definition) is 4. The zero-order chi connectivity index (χ0) is 15.2. The SMILES string of the molecule is COC(=O)CN(Cc1ccccc1)C(=O)c1ccc(Br)s1. The molecule has 0 bridgehead atoms. The molecule has 2 rings (SSSR count). The highest BCUT2D eigenvalue weighted by Gasteiger charge is 2.21. The van der Waals surface area contributed by atoms with E-state index in [-0.39, 0.29) is 12.5 Å². The molecule has 21 heavy (non-hydrogen) atoms. The van der Waals surface area contributed by atoms with Crippen molar-refractivity contribution >= 4 is 39.1 Å². The highest BCUT2D eigenvalue weighted by molar-refractivity contribution is 9.11. The van der Waals surface area contributed by atoms with Gasteiger partial charge < -0.3 is 9.64 Å². The van der Waals surface area contributed by atoms with E-state index >= 15 is 0 Å². The largest absolute Gasteiger partial charge is 0.468 e. The van der Waals surface area contributed by atoms with Crippen LogP contribution in [0, 0.1) is 0 Å². The molecular formula is C15H14BrNO3S. The van der Waals surface area contributed by atoms with Crippen molar-refractivity contribution in [1.82, 2.24) is 4.90 Å². The zero-order valence-electron chi connectivity index (χ0n) is 11.4. The van der Waals surface area contributed by atoms with E-state index in [1.807, 2.05) is 36.4 Å². The molecule has 1 heterocycles. The highest BCUT2D eigenvalue weighted by atomic mass is 79.9. The Kier molecular flexibility index (Phi) is 5.52. The highest BCUT2D eigenvalue weighted by Crippen LogP contribution is 2.24. The topological polar surface area (TPSA) is 46.6 Å². The van der Waals surface area contributed by atoms with Crippen LogP contribution in [0.1, 0.15) is 15.2 Å². The van der Waals surface area contributed by atoms with Gasteiger partial charge in [-0.2, -0.15) is 0 Å². The predicted molar refractivity (Wildman–Crippen MR) is 85.2 cm³/mol. The third kappa shape index (κ3) is 4.41. The van der Waals surface area contributed by atoms with Crippen LogP contribution in [0.15, 0.2) is 46.3 Å². The van der Waals surface area contributed by atoms with E-state index in [4.69, 9.17) is 0 Å². The molecule has 0 aliphatic rings. The number of halogens is 1. The monoisotopic (exact) mass is 367 g/mol. The number of benzene rings is 1. The first-order valence-electron chi connectivity index (χ1n) is 6.25. The third-order valence-electron chi connectivity index (χ3n) is 2.84. The van der Waals surface area contributed by atoms with Gasteiger partial charge in [0.25, 0.3) is 5.91 Å². The molecule has 0 fully saturated rings. The molecule has 110 valence electrons. The van der Waals surface area contributed by atoms with Gasteiger partial charge in [-0.25, -0.2) is 0 Å². The summed E-state index contributed by atoms with van der Waals surface area (Å²) in [6, 6.07) is 13.1. The second-order valence-electron chi connectivity index (χ2n) is 4.33. The average Bonchev–Trinajstić information content (AvgIpc) is 2.93. The quantitative estimate of drug-likeness (QED) is 0.761. The lowest BCUT2D eigenvalue weighted by Crippen LogP contribution is -2.35. The molecule has 0 unspecified atom stereocenters. The van der Waals surface area contributed by atoms with E-state index in [0.29, 0.717) is 11.4 Å². The van der Waals surface area contributed by atoms with E-state index in [9.17, 15) is 9.59 Å². The number of methoxy groups -OCH3 is 1. The first-order valence-corrected chi connectivity index (χ1v) is 7.86. The smallest absolute Gasteiger partial charge is 0.325 e. The van der Waals surface area contributed by atoms with Crippen LogP contribution < -0.4 is 0 Å². The molecule has 0 saturated heterocycles. The summed E-state index contributed by atoms with van der Waals surface area (Å²) in [7, 11) is 1.31. The lowest BCUT2D eigenvalue weighted by molar-refractivity contribution is -0.141. The Labute approximate surface area is 135 Å². The minimum atomic E-state index is -0.435. The van der Waals surface area contributed by atoms with Crippen LogP contribution in [0.5, 0.6) is 0 Å². The van der Waals surface area contributed by atoms with Crippen molar-refractivity contribution in [2.75, 3.05) is 13.7 Å². The van der Waals surface area contributed by atoms with Crippen molar-refractivity contribution in [2.45, 2.75) is 6.54 Å². The lowest BCUT2D eigenvalue weighted by Gasteiger charge is -2.20. The van der Waals surface area contributed by atoms with Gasteiger partial charge in [0.2, 0.25) is 0 Å². The molecule has 1 amide bonds. The first-order chi connectivity index (χ1) is 10.1. The Balaban J connectivity index is 2.19.